The van der Waals surface area contributed by atoms with Gasteiger partial charge in [0.05, 0.1) is 24.9 Å². The number of carboxylic acids is 2. The average Bonchev–Trinajstić information content (AvgIpc) is 3.21. The first-order valence-corrected chi connectivity index (χ1v) is 9.97. The normalized spacial score (nSPS) is 15.5. The fraction of sp³-hybridized carbons (Fsp3) is 0.529. The quantitative estimate of drug-likeness (QED) is 0.128. The van der Waals surface area contributed by atoms with Crippen LogP contribution in [0.5, 0.6) is 0 Å². The maximum absolute atomic E-state index is 12.6. The minimum Gasteiger partial charge on any atom is -0.481 e. The monoisotopic (exact) mass is 474 g/mol. The van der Waals surface area contributed by atoms with Gasteiger partial charge in [-0.15, -0.1) is 0 Å². The number of carbonyl (C=O) groups is 5. The minimum absolute atomic E-state index is 0.0851. The SMILES string of the molecule is CC(O)C(NC(=O)C(N)Cc1cnc[nH]1)C(=O)NC(CS)C(=O)NC(CC(=O)O)C(=O)O. The van der Waals surface area contributed by atoms with Crippen LogP contribution in [-0.2, 0) is 30.4 Å². The summed E-state index contributed by atoms with van der Waals surface area (Å²) in [5.41, 5.74) is 6.38. The molecule has 15 heteroatoms. The number of rotatable bonds is 13. The van der Waals surface area contributed by atoms with Crippen LogP contribution in [0.2, 0.25) is 0 Å². The third-order valence-corrected chi connectivity index (χ3v) is 4.57. The smallest absolute Gasteiger partial charge is 0.326 e. The first-order chi connectivity index (χ1) is 15.0. The van der Waals surface area contributed by atoms with Crippen molar-refractivity contribution in [2.45, 2.75) is 50.0 Å². The molecule has 1 aromatic heterocycles. The largest absolute Gasteiger partial charge is 0.481 e. The fourth-order valence-corrected chi connectivity index (χ4v) is 2.75. The molecule has 1 heterocycles. The molecular weight excluding hydrogens is 448 g/mol. The Kier molecular flexibility index (Phi) is 10.6. The van der Waals surface area contributed by atoms with Gasteiger partial charge in [-0.2, -0.15) is 12.6 Å². The Hall–Kier alpha value is -3.17. The highest BCUT2D eigenvalue weighted by Crippen LogP contribution is 2.02. The number of nitrogens with one attached hydrogen (secondary N) is 4. The number of aliphatic hydroxyl groups excluding tert-OH is 1. The Morgan fingerprint density at radius 3 is 2.19 bits per heavy atom. The molecule has 0 aliphatic carbocycles. The molecule has 3 amide bonds. The van der Waals surface area contributed by atoms with Crippen molar-refractivity contribution in [2.24, 2.45) is 5.73 Å². The predicted molar refractivity (Wildman–Crippen MR) is 111 cm³/mol. The van der Waals surface area contributed by atoms with E-state index in [-0.39, 0.29) is 12.2 Å². The number of amides is 3. The standard InChI is InChI=1S/C17H26N6O8S/c1-7(24)13(23-14(27)9(18)2-8-4-19-6-20-8)16(29)22-11(5-32)15(28)21-10(17(30)31)3-12(25)26/h4,6-7,9-11,13,24,32H,2-3,5,18H2,1H3,(H,19,20)(H,21,28)(H,22,29)(H,23,27)(H,25,26)(H,30,31). The fourth-order valence-electron chi connectivity index (χ4n) is 2.49. The number of thiol groups is 1. The average molecular weight is 474 g/mol. The third kappa shape index (κ3) is 8.52. The molecule has 178 valence electrons. The molecule has 32 heavy (non-hydrogen) atoms. The van der Waals surface area contributed by atoms with Crippen molar-refractivity contribution in [3.63, 3.8) is 0 Å². The molecule has 5 atom stereocenters. The Bertz CT molecular complexity index is 818. The number of nitrogens with two attached hydrogens (primary N) is 1. The molecule has 0 spiro atoms. The second kappa shape index (κ2) is 12.6. The Balaban J connectivity index is 2.79. The lowest BCUT2D eigenvalue weighted by Gasteiger charge is -2.25. The lowest BCUT2D eigenvalue weighted by atomic mass is 10.1. The highest BCUT2D eigenvalue weighted by Gasteiger charge is 2.32. The number of aliphatic carboxylic acids is 2. The van der Waals surface area contributed by atoms with E-state index in [1.807, 2.05) is 5.32 Å². The lowest BCUT2D eigenvalue weighted by Crippen LogP contribution is -2.60. The van der Waals surface area contributed by atoms with E-state index < -0.39 is 66.4 Å². The number of carboxylic acid groups (broad SMARTS) is 2. The number of hydrogen-bond donors (Lipinski definition) is 9. The van der Waals surface area contributed by atoms with Crippen LogP contribution in [0, 0.1) is 0 Å². The molecule has 1 aromatic rings. The van der Waals surface area contributed by atoms with Crippen LogP contribution in [0.1, 0.15) is 19.0 Å². The maximum Gasteiger partial charge on any atom is 0.326 e. The van der Waals surface area contributed by atoms with Crippen molar-refractivity contribution in [3.8, 4) is 0 Å². The van der Waals surface area contributed by atoms with Gasteiger partial charge in [0.2, 0.25) is 17.7 Å². The molecule has 0 saturated carbocycles. The van der Waals surface area contributed by atoms with E-state index >= 15 is 0 Å². The summed E-state index contributed by atoms with van der Waals surface area (Å²) in [6.07, 6.45) is 0.702. The first-order valence-electron chi connectivity index (χ1n) is 9.33. The van der Waals surface area contributed by atoms with Gasteiger partial charge in [0.15, 0.2) is 0 Å². The number of aliphatic hydroxyl groups is 1. The zero-order valence-corrected chi connectivity index (χ0v) is 17.9. The molecule has 0 aromatic carbocycles. The molecule has 9 N–H and O–H groups in total. The van der Waals surface area contributed by atoms with Crippen LogP contribution in [0.25, 0.3) is 0 Å². The Morgan fingerprint density at radius 2 is 1.72 bits per heavy atom. The molecule has 1 rings (SSSR count). The van der Waals surface area contributed by atoms with Crippen LogP contribution >= 0.6 is 12.6 Å². The molecule has 0 aliphatic heterocycles. The van der Waals surface area contributed by atoms with Crippen LogP contribution in [-0.4, -0.2) is 91.0 Å². The number of aromatic nitrogens is 2. The molecule has 0 saturated heterocycles. The van der Waals surface area contributed by atoms with Gasteiger partial charge < -0.3 is 42.0 Å². The zero-order chi connectivity index (χ0) is 24.4. The van der Waals surface area contributed by atoms with E-state index in [4.69, 9.17) is 15.9 Å². The van der Waals surface area contributed by atoms with Gasteiger partial charge in [0.25, 0.3) is 0 Å². The maximum atomic E-state index is 12.6. The minimum atomic E-state index is -1.73. The van der Waals surface area contributed by atoms with Crippen molar-refractivity contribution in [1.82, 2.24) is 25.9 Å². The van der Waals surface area contributed by atoms with E-state index in [2.05, 4.69) is 33.2 Å². The van der Waals surface area contributed by atoms with E-state index in [0.717, 1.165) is 0 Å². The van der Waals surface area contributed by atoms with Gasteiger partial charge in [0, 0.05) is 24.1 Å². The summed E-state index contributed by atoms with van der Waals surface area (Å²) in [5.74, 6) is -6.02. The number of hydrogen-bond acceptors (Lipinski definition) is 9. The van der Waals surface area contributed by atoms with Gasteiger partial charge in [-0.3, -0.25) is 19.2 Å². The van der Waals surface area contributed by atoms with Crippen LogP contribution in [0.4, 0.5) is 0 Å². The molecule has 5 unspecified atom stereocenters. The highest BCUT2D eigenvalue weighted by atomic mass is 32.1. The van der Waals surface area contributed by atoms with Gasteiger partial charge >= 0.3 is 11.9 Å². The zero-order valence-electron chi connectivity index (χ0n) is 17.0. The Morgan fingerprint density at radius 1 is 1.09 bits per heavy atom. The van der Waals surface area contributed by atoms with Crippen molar-refractivity contribution in [1.29, 1.82) is 0 Å². The summed E-state index contributed by atoms with van der Waals surface area (Å²) in [4.78, 5) is 65.6. The lowest BCUT2D eigenvalue weighted by molar-refractivity contribution is -0.147. The van der Waals surface area contributed by atoms with Crippen LogP contribution in [0.15, 0.2) is 12.5 Å². The van der Waals surface area contributed by atoms with Gasteiger partial charge in [-0.05, 0) is 6.92 Å². The third-order valence-electron chi connectivity index (χ3n) is 4.20. The van der Waals surface area contributed by atoms with Crippen molar-refractivity contribution >= 4 is 42.3 Å². The number of imidazole rings is 1. The summed E-state index contributed by atoms with van der Waals surface area (Å²) in [6.45, 7) is 1.23. The van der Waals surface area contributed by atoms with Gasteiger partial charge in [-0.1, -0.05) is 0 Å². The second-order valence-corrected chi connectivity index (χ2v) is 7.22. The number of H-pyrrole nitrogens is 1. The molecule has 0 bridgehead atoms. The van der Waals surface area contributed by atoms with E-state index in [1.54, 1.807) is 0 Å². The predicted octanol–water partition coefficient (Wildman–Crippen LogP) is -3.40. The van der Waals surface area contributed by atoms with E-state index in [9.17, 15) is 29.1 Å². The molecule has 0 fully saturated rings. The highest BCUT2D eigenvalue weighted by molar-refractivity contribution is 7.80. The van der Waals surface area contributed by atoms with Gasteiger partial charge in [-0.25, -0.2) is 9.78 Å². The van der Waals surface area contributed by atoms with Crippen molar-refractivity contribution < 1.29 is 39.3 Å². The molecule has 14 nitrogen and oxygen atoms in total. The number of carbonyl (C=O) groups excluding carboxylic acids is 3. The molecule has 0 radical (unpaired) electrons. The first kappa shape index (κ1) is 26.9. The molecule has 0 aliphatic rings. The Labute approximate surface area is 187 Å². The van der Waals surface area contributed by atoms with Crippen LogP contribution < -0.4 is 21.7 Å². The van der Waals surface area contributed by atoms with Crippen molar-refractivity contribution in [2.75, 3.05) is 5.75 Å². The summed E-state index contributed by atoms with van der Waals surface area (Å²) in [6, 6.07) is -5.66. The van der Waals surface area contributed by atoms with E-state index in [0.29, 0.717) is 5.69 Å². The summed E-state index contributed by atoms with van der Waals surface area (Å²) in [5, 5.41) is 34.2. The second-order valence-electron chi connectivity index (χ2n) is 6.86. The summed E-state index contributed by atoms with van der Waals surface area (Å²) in [7, 11) is 0. The van der Waals surface area contributed by atoms with Crippen LogP contribution in [0.3, 0.4) is 0 Å². The summed E-state index contributed by atoms with van der Waals surface area (Å²) >= 11 is 3.93. The number of aromatic amines is 1. The topological polar surface area (TPSA) is 237 Å². The number of nitrogens with zero attached hydrogens (tertiary/aromatic N) is 1. The van der Waals surface area contributed by atoms with Crippen molar-refractivity contribution in [3.05, 3.63) is 18.2 Å². The van der Waals surface area contributed by atoms with Gasteiger partial charge in [0.1, 0.15) is 18.1 Å². The molecular formula is C17H26N6O8S. The van der Waals surface area contributed by atoms with E-state index in [1.165, 1.54) is 19.4 Å². The summed E-state index contributed by atoms with van der Waals surface area (Å²) < 4.78 is 0.